The van der Waals surface area contributed by atoms with E-state index < -0.39 is 0 Å². The number of carbonyl (C=O) groups excluding carboxylic acids is 2. The first-order chi connectivity index (χ1) is 14.7. The van der Waals surface area contributed by atoms with Gasteiger partial charge in [-0.3, -0.25) is 9.59 Å². The lowest BCUT2D eigenvalue weighted by Gasteiger charge is -2.61. The number of hydrogen-bond donors (Lipinski definition) is 0. The van der Waals surface area contributed by atoms with Crippen LogP contribution in [-0.4, -0.2) is 24.1 Å². The minimum Gasteiger partial charge on any atom is -0.462 e. The van der Waals surface area contributed by atoms with Gasteiger partial charge in [0.1, 0.15) is 12.2 Å². The summed E-state index contributed by atoms with van der Waals surface area (Å²) >= 11 is 0. The molecule has 4 heteroatoms. The van der Waals surface area contributed by atoms with Gasteiger partial charge in [-0.05, 0) is 111 Å². The van der Waals surface area contributed by atoms with Gasteiger partial charge in [0, 0.05) is 24.7 Å². The fourth-order valence-electron chi connectivity index (χ4n) is 11.7. The molecule has 0 spiro atoms. The monoisotopic (exact) mass is 410 g/mol. The van der Waals surface area contributed by atoms with Crippen LogP contribution in [0.5, 0.6) is 0 Å². The molecule has 0 aromatic heterocycles. The van der Waals surface area contributed by atoms with Gasteiger partial charge in [0.25, 0.3) is 0 Å². The highest BCUT2D eigenvalue weighted by atomic mass is 16.5. The zero-order valence-corrected chi connectivity index (χ0v) is 17.8. The van der Waals surface area contributed by atoms with E-state index in [2.05, 4.69) is 0 Å². The van der Waals surface area contributed by atoms with Gasteiger partial charge in [0.05, 0.1) is 0 Å². The average molecular weight is 411 g/mol. The quantitative estimate of drug-likeness (QED) is 0.561. The molecule has 0 aromatic carbocycles. The maximum Gasteiger partial charge on any atom is 0.306 e. The number of esters is 2. The maximum atomic E-state index is 12.5. The van der Waals surface area contributed by atoms with E-state index in [9.17, 15) is 9.59 Å². The Hall–Kier alpha value is -1.06. The van der Waals surface area contributed by atoms with Gasteiger partial charge in [-0.15, -0.1) is 0 Å². The van der Waals surface area contributed by atoms with Crippen molar-refractivity contribution in [2.75, 3.05) is 0 Å². The molecule has 0 aromatic rings. The van der Waals surface area contributed by atoms with Crippen molar-refractivity contribution in [2.45, 2.75) is 76.4 Å². The molecule has 4 bridgehead atoms. The Morgan fingerprint density at radius 1 is 0.500 bits per heavy atom. The molecule has 8 fully saturated rings. The first kappa shape index (κ1) is 17.5. The Morgan fingerprint density at radius 3 is 1.40 bits per heavy atom. The molecule has 30 heavy (non-hydrogen) atoms. The van der Waals surface area contributed by atoms with Gasteiger partial charge < -0.3 is 9.47 Å². The molecule has 0 N–H and O–H groups in total. The van der Waals surface area contributed by atoms with Crippen LogP contribution in [0.1, 0.15) is 64.2 Å². The summed E-state index contributed by atoms with van der Waals surface area (Å²) in [5, 5.41) is 0. The molecule has 162 valence electrons. The van der Waals surface area contributed by atoms with E-state index in [1.807, 2.05) is 0 Å². The summed E-state index contributed by atoms with van der Waals surface area (Å²) in [6, 6.07) is 0. The van der Waals surface area contributed by atoms with Crippen LogP contribution in [0.4, 0.5) is 0 Å². The van der Waals surface area contributed by atoms with Crippen LogP contribution in [-0.2, 0) is 19.1 Å². The fraction of sp³-hybridized carbons (Fsp3) is 0.923. The lowest BCUT2D eigenvalue weighted by atomic mass is 9.43. The van der Waals surface area contributed by atoms with Gasteiger partial charge in [-0.2, -0.15) is 0 Å². The maximum absolute atomic E-state index is 12.5. The minimum absolute atomic E-state index is 0.0226. The topological polar surface area (TPSA) is 52.6 Å². The summed E-state index contributed by atoms with van der Waals surface area (Å²) in [6.45, 7) is 0. The summed E-state index contributed by atoms with van der Waals surface area (Å²) in [4.78, 5) is 25.1. The Morgan fingerprint density at radius 2 is 0.933 bits per heavy atom. The highest BCUT2D eigenvalue weighted by molar-refractivity contribution is 5.71. The standard InChI is InChI=1S/C26H34O4/c27-19-3-1-2-4-20(28)30-18-8-6-12-14-10-16(22(12)18)26-24(14)23-13-9-15(25(23)26)21-11(13)5-7-17(21)29-19/h11-18,21-26H,1-10H2. The number of carbonyl (C=O) groups is 2. The number of ether oxygens (including phenoxy) is 2. The second-order valence-corrected chi connectivity index (χ2v) is 12.3. The molecule has 8 aliphatic rings. The second-order valence-electron chi connectivity index (χ2n) is 12.3. The lowest BCUT2D eigenvalue weighted by Crippen LogP contribution is -2.59. The predicted molar refractivity (Wildman–Crippen MR) is 108 cm³/mol. The molecule has 4 nitrogen and oxygen atoms in total. The van der Waals surface area contributed by atoms with Crippen molar-refractivity contribution < 1.29 is 19.1 Å². The fourth-order valence-corrected chi connectivity index (χ4v) is 11.7. The van der Waals surface area contributed by atoms with Gasteiger partial charge in [-0.25, -0.2) is 0 Å². The van der Waals surface area contributed by atoms with Crippen molar-refractivity contribution in [2.24, 2.45) is 71.0 Å². The summed E-state index contributed by atoms with van der Waals surface area (Å²) in [7, 11) is 0. The molecular formula is C26H34O4. The third-order valence-corrected chi connectivity index (χ3v) is 11.9. The molecule has 7 saturated carbocycles. The van der Waals surface area contributed by atoms with Crippen molar-refractivity contribution in [1.29, 1.82) is 0 Å². The molecule has 7 aliphatic carbocycles. The smallest absolute Gasteiger partial charge is 0.306 e. The first-order valence-electron chi connectivity index (χ1n) is 13.1. The molecule has 1 aliphatic heterocycles. The van der Waals surface area contributed by atoms with Crippen LogP contribution >= 0.6 is 0 Å². The normalized spacial score (nSPS) is 62.0. The van der Waals surface area contributed by atoms with E-state index in [1.54, 1.807) is 0 Å². The van der Waals surface area contributed by atoms with Crippen molar-refractivity contribution in [1.82, 2.24) is 0 Å². The highest BCUT2D eigenvalue weighted by Gasteiger charge is 2.78. The third kappa shape index (κ3) is 1.97. The zero-order valence-electron chi connectivity index (χ0n) is 17.8. The first-order valence-corrected chi connectivity index (χ1v) is 13.1. The molecule has 1 saturated heterocycles. The summed E-state index contributed by atoms with van der Waals surface area (Å²) in [5.74, 6) is 10.3. The van der Waals surface area contributed by atoms with Crippen LogP contribution in [0.3, 0.4) is 0 Å². The summed E-state index contributed by atoms with van der Waals surface area (Å²) < 4.78 is 12.2. The molecule has 14 atom stereocenters. The average Bonchev–Trinajstić information content (AvgIpc) is 3.48. The van der Waals surface area contributed by atoms with Gasteiger partial charge >= 0.3 is 11.9 Å². The van der Waals surface area contributed by atoms with E-state index in [4.69, 9.17) is 9.47 Å². The van der Waals surface area contributed by atoms with E-state index >= 15 is 0 Å². The number of hydrogen-bond acceptors (Lipinski definition) is 4. The van der Waals surface area contributed by atoms with Crippen molar-refractivity contribution in [3.8, 4) is 0 Å². The minimum atomic E-state index is -0.0226. The Bertz CT molecular complexity index is 741. The molecule has 8 rings (SSSR count). The Labute approximate surface area is 178 Å². The molecule has 0 amide bonds. The van der Waals surface area contributed by atoms with E-state index in [0.717, 1.165) is 84.9 Å². The third-order valence-electron chi connectivity index (χ3n) is 11.9. The molecule has 0 radical (unpaired) electrons. The van der Waals surface area contributed by atoms with Gasteiger partial charge in [0.2, 0.25) is 0 Å². The van der Waals surface area contributed by atoms with Crippen molar-refractivity contribution >= 4 is 11.9 Å². The largest absolute Gasteiger partial charge is 0.462 e. The SMILES string of the molecule is O=C1CCCCC(=O)OC2CCC3C4CC(C23)C2C4C3C4CC(C5C(CCC45)O1)C32. The number of fused-ring (bicyclic) bond motifs is 7. The second kappa shape index (κ2) is 5.84. The summed E-state index contributed by atoms with van der Waals surface area (Å²) in [5.41, 5.74) is 0. The van der Waals surface area contributed by atoms with Crippen molar-refractivity contribution in [3.63, 3.8) is 0 Å². The molecule has 14 unspecified atom stereocenters. The van der Waals surface area contributed by atoms with Crippen LogP contribution in [0, 0.1) is 71.0 Å². The Balaban J connectivity index is 1.15. The zero-order chi connectivity index (χ0) is 19.7. The van der Waals surface area contributed by atoms with E-state index in [-0.39, 0.29) is 24.1 Å². The van der Waals surface area contributed by atoms with Gasteiger partial charge in [-0.1, -0.05) is 0 Å². The van der Waals surface area contributed by atoms with Gasteiger partial charge in [0.15, 0.2) is 0 Å². The molecular weight excluding hydrogens is 376 g/mol. The predicted octanol–water partition coefficient (Wildman–Crippen LogP) is 4.21. The molecule has 1 heterocycles. The van der Waals surface area contributed by atoms with E-state index in [0.29, 0.717) is 24.7 Å². The Kier molecular flexibility index (Phi) is 3.40. The number of rotatable bonds is 0. The van der Waals surface area contributed by atoms with Crippen LogP contribution in [0.2, 0.25) is 0 Å². The van der Waals surface area contributed by atoms with Crippen LogP contribution in [0.15, 0.2) is 0 Å². The summed E-state index contributed by atoms with van der Waals surface area (Å²) in [6.07, 6.45) is 10.5. The van der Waals surface area contributed by atoms with E-state index in [1.165, 1.54) is 25.7 Å². The van der Waals surface area contributed by atoms with Crippen LogP contribution < -0.4 is 0 Å². The highest BCUT2D eigenvalue weighted by Crippen LogP contribution is 2.81. The van der Waals surface area contributed by atoms with Crippen molar-refractivity contribution in [3.05, 3.63) is 0 Å². The lowest BCUT2D eigenvalue weighted by molar-refractivity contribution is -0.174. The van der Waals surface area contributed by atoms with Crippen LogP contribution in [0.25, 0.3) is 0 Å².